The molecule has 100 valence electrons. The highest BCUT2D eigenvalue weighted by Crippen LogP contribution is 2.27. The van der Waals surface area contributed by atoms with Gasteiger partial charge in [0, 0.05) is 22.3 Å². The summed E-state index contributed by atoms with van der Waals surface area (Å²) in [5, 5.41) is 2.84. The van der Waals surface area contributed by atoms with Crippen LogP contribution in [0.4, 0.5) is 5.69 Å². The lowest BCUT2D eigenvalue weighted by molar-refractivity contribution is 0.0379. The van der Waals surface area contributed by atoms with E-state index in [0.29, 0.717) is 11.3 Å². The smallest absolute Gasteiger partial charge is 0.340 e. The Bertz CT molecular complexity index is 605. The molecular weight excluding hydrogens is 260 g/mol. The number of carbonyl (C=O) groups excluding carboxylic acids is 1. The number of thiazole rings is 1. The summed E-state index contributed by atoms with van der Waals surface area (Å²) >= 11 is 1.54. The lowest BCUT2D eigenvalue weighted by Gasteiger charge is -2.10. The Morgan fingerprint density at radius 1 is 1.42 bits per heavy atom. The van der Waals surface area contributed by atoms with Gasteiger partial charge in [0.1, 0.15) is 5.01 Å². The predicted molar refractivity (Wildman–Crippen MR) is 77.3 cm³/mol. The first kappa shape index (κ1) is 13.5. The van der Waals surface area contributed by atoms with Gasteiger partial charge in [0.05, 0.1) is 11.7 Å². The largest absolute Gasteiger partial charge is 0.459 e. The summed E-state index contributed by atoms with van der Waals surface area (Å²) in [6.45, 7) is 5.55. The van der Waals surface area contributed by atoms with Gasteiger partial charge in [0.2, 0.25) is 0 Å². The Morgan fingerprint density at radius 3 is 2.74 bits per heavy atom. The van der Waals surface area contributed by atoms with E-state index in [2.05, 4.69) is 4.98 Å². The Hall–Kier alpha value is -1.88. The van der Waals surface area contributed by atoms with Crippen molar-refractivity contribution < 1.29 is 9.53 Å². The van der Waals surface area contributed by atoms with E-state index in [1.165, 1.54) is 11.3 Å². The molecule has 1 aromatic heterocycles. The molecule has 0 atom stereocenters. The van der Waals surface area contributed by atoms with E-state index >= 15 is 0 Å². The van der Waals surface area contributed by atoms with Crippen LogP contribution in [-0.4, -0.2) is 17.1 Å². The van der Waals surface area contributed by atoms with Crippen molar-refractivity contribution in [2.75, 3.05) is 5.73 Å². The second-order valence-electron chi connectivity index (χ2n) is 4.55. The van der Waals surface area contributed by atoms with Crippen molar-refractivity contribution >= 4 is 23.0 Å². The van der Waals surface area contributed by atoms with E-state index in [-0.39, 0.29) is 6.10 Å². The normalized spacial score (nSPS) is 10.7. The van der Waals surface area contributed by atoms with Gasteiger partial charge < -0.3 is 10.5 Å². The molecule has 5 heteroatoms. The summed E-state index contributed by atoms with van der Waals surface area (Å²) in [5.74, 6) is -0.400. The molecule has 4 nitrogen and oxygen atoms in total. The van der Waals surface area contributed by atoms with Gasteiger partial charge in [-0.2, -0.15) is 0 Å². The lowest BCUT2D eigenvalue weighted by Crippen LogP contribution is -2.13. The van der Waals surface area contributed by atoms with Gasteiger partial charge in [-0.05, 0) is 39.0 Å². The number of hydrogen-bond acceptors (Lipinski definition) is 5. The van der Waals surface area contributed by atoms with Crippen LogP contribution in [0.25, 0.3) is 10.6 Å². The minimum atomic E-state index is -0.400. The number of aromatic nitrogens is 1. The highest BCUT2D eigenvalue weighted by molar-refractivity contribution is 7.13. The second-order valence-corrected chi connectivity index (χ2v) is 5.41. The van der Waals surface area contributed by atoms with Crippen LogP contribution in [0.3, 0.4) is 0 Å². The second kappa shape index (κ2) is 5.40. The summed E-state index contributed by atoms with van der Waals surface area (Å²) in [5.41, 5.74) is 8.48. The SMILES string of the molecule is Cc1csc(-c2ccc(N)c(C(=O)OC(C)C)c2)n1. The molecule has 0 saturated carbocycles. The lowest BCUT2D eigenvalue weighted by atomic mass is 10.1. The summed E-state index contributed by atoms with van der Waals surface area (Å²) in [6.07, 6.45) is -0.169. The number of hydrogen-bond donors (Lipinski definition) is 1. The van der Waals surface area contributed by atoms with E-state index in [9.17, 15) is 4.79 Å². The molecule has 1 heterocycles. The molecule has 1 aromatic carbocycles. The zero-order chi connectivity index (χ0) is 14.0. The fraction of sp³-hybridized carbons (Fsp3) is 0.286. The molecule has 2 N–H and O–H groups in total. The minimum Gasteiger partial charge on any atom is -0.459 e. The minimum absolute atomic E-state index is 0.169. The Labute approximate surface area is 116 Å². The van der Waals surface area contributed by atoms with Crippen LogP contribution in [0.5, 0.6) is 0 Å². The van der Waals surface area contributed by atoms with Crippen molar-refractivity contribution in [1.29, 1.82) is 0 Å². The quantitative estimate of drug-likeness (QED) is 0.690. The van der Waals surface area contributed by atoms with E-state index in [0.717, 1.165) is 16.3 Å². The van der Waals surface area contributed by atoms with Crippen molar-refractivity contribution in [3.8, 4) is 10.6 Å². The summed E-state index contributed by atoms with van der Waals surface area (Å²) in [6, 6.07) is 5.31. The molecule has 0 spiro atoms. The Kier molecular flexibility index (Phi) is 3.85. The number of ether oxygens (including phenoxy) is 1. The van der Waals surface area contributed by atoms with Crippen molar-refractivity contribution in [2.45, 2.75) is 26.9 Å². The molecule has 0 aliphatic carbocycles. The van der Waals surface area contributed by atoms with Crippen LogP contribution >= 0.6 is 11.3 Å². The molecule has 0 aliphatic heterocycles. The standard InChI is InChI=1S/C14H16N2O2S/c1-8(2)18-14(17)11-6-10(4-5-12(11)15)13-16-9(3)7-19-13/h4-8H,15H2,1-3H3. The number of esters is 1. The first-order valence-corrected chi connectivity index (χ1v) is 6.88. The van der Waals surface area contributed by atoms with Gasteiger partial charge in [-0.25, -0.2) is 9.78 Å². The molecule has 19 heavy (non-hydrogen) atoms. The molecule has 2 rings (SSSR count). The number of carbonyl (C=O) groups is 1. The zero-order valence-electron chi connectivity index (χ0n) is 11.1. The molecular formula is C14H16N2O2S. The number of nitrogens with two attached hydrogens (primary N) is 1. The summed E-state index contributed by atoms with van der Waals surface area (Å²) in [4.78, 5) is 16.3. The molecule has 2 aromatic rings. The molecule has 0 radical (unpaired) electrons. The maximum atomic E-state index is 11.9. The number of benzene rings is 1. The van der Waals surface area contributed by atoms with Crippen LogP contribution in [0.15, 0.2) is 23.6 Å². The zero-order valence-corrected chi connectivity index (χ0v) is 12.0. The number of rotatable bonds is 3. The van der Waals surface area contributed by atoms with E-state index in [4.69, 9.17) is 10.5 Å². The van der Waals surface area contributed by atoms with Crippen molar-refractivity contribution in [2.24, 2.45) is 0 Å². The van der Waals surface area contributed by atoms with Gasteiger partial charge in [0.25, 0.3) is 0 Å². The van der Waals surface area contributed by atoms with Crippen LogP contribution < -0.4 is 5.73 Å². The number of nitrogens with zero attached hydrogens (tertiary/aromatic N) is 1. The fourth-order valence-corrected chi connectivity index (χ4v) is 2.42. The first-order chi connectivity index (χ1) is 8.97. The van der Waals surface area contributed by atoms with Gasteiger partial charge >= 0.3 is 5.97 Å². The average Bonchev–Trinajstić information content (AvgIpc) is 2.75. The molecule has 0 bridgehead atoms. The third-order valence-electron chi connectivity index (χ3n) is 2.48. The summed E-state index contributed by atoms with van der Waals surface area (Å²) < 4.78 is 5.18. The molecule has 0 saturated heterocycles. The van der Waals surface area contributed by atoms with Crippen molar-refractivity contribution in [3.05, 3.63) is 34.8 Å². The highest BCUT2D eigenvalue weighted by Gasteiger charge is 2.15. The Morgan fingerprint density at radius 2 is 2.16 bits per heavy atom. The Balaban J connectivity index is 2.37. The van der Waals surface area contributed by atoms with Gasteiger partial charge in [-0.1, -0.05) is 0 Å². The fourth-order valence-electron chi connectivity index (χ4n) is 1.63. The van der Waals surface area contributed by atoms with E-state index < -0.39 is 5.97 Å². The third-order valence-corrected chi connectivity index (χ3v) is 3.49. The first-order valence-electron chi connectivity index (χ1n) is 6.00. The van der Waals surface area contributed by atoms with Crippen LogP contribution in [-0.2, 0) is 4.74 Å². The van der Waals surface area contributed by atoms with Crippen LogP contribution in [0.2, 0.25) is 0 Å². The molecule has 0 aliphatic rings. The van der Waals surface area contributed by atoms with Gasteiger partial charge in [-0.3, -0.25) is 0 Å². The van der Waals surface area contributed by atoms with E-state index in [1.807, 2.05) is 32.2 Å². The number of nitrogen functional groups attached to an aromatic ring is 1. The van der Waals surface area contributed by atoms with E-state index in [1.54, 1.807) is 12.1 Å². The number of aryl methyl sites for hydroxylation is 1. The number of anilines is 1. The monoisotopic (exact) mass is 276 g/mol. The predicted octanol–water partition coefficient (Wildman–Crippen LogP) is 3.27. The maximum Gasteiger partial charge on any atom is 0.340 e. The average molecular weight is 276 g/mol. The van der Waals surface area contributed by atoms with Crippen LogP contribution in [0.1, 0.15) is 29.9 Å². The van der Waals surface area contributed by atoms with Crippen molar-refractivity contribution in [1.82, 2.24) is 4.98 Å². The van der Waals surface area contributed by atoms with Crippen LogP contribution in [0, 0.1) is 6.92 Å². The highest BCUT2D eigenvalue weighted by atomic mass is 32.1. The maximum absolute atomic E-state index is 11.9. The molecule has 0 fully saturated rings. The topological polar surface area (TPSA) is 65.2 Å². The third kappa shape index (κ3) is 3.12. The molecule has 0 amide bonds. The van der Waals surface area contributed by atoms with Gasteiger partial charge in [-0.15, -0.1) is 11.3 Å². The van der Waals surface area contributed by atoms with Crippen molar-refractivity contribution in [3.63, 3.8) is 0 Å². The molecule has 0 unspecified atom stereocenters. The summed E-state index contributed by atoms with van der Waals surface area (Å²) in [7, 11) is 0. The van der Waals surface area contributed by atoms with Gasteiger partial charge in [0.15, 0.2) is 0 Å².